The van der Waals surface area contributed by atoms with E-state index >= 15 is 0 Å². The van der Waals surface area contributed by atoms with Crippen LogP contribution in [0.4, 0.5) is 19.0 Å². The maximum absolute atomic E-state index is 12.5. The van der Waals surface area contributed by atoms with Crippen LogP contribution < -0.4 is 14.9 Å². The number of hydrogen-bond donors (Lipinski definition) is 1. The van der Waals surface area contributed by atoms with Gasteiger partial charge in [0.2, 0.25) is 0 Å². The van der Waals surface area contributed by atoms with Crippen LogP contribution in [-0.2, 0) is 6.18 Å². The zero-order chi connectivity index (χ0) is 20.0. The Labute approximate surface area is 163 Å². The number of hydrazone groups is 1. The highest BCUT2D eigenvalue weighted by Crippen LogP contribution is 2.37. The molecular weight excluding hydrogens is 427 g/mol. The second-order valence-electron chi connectivity index (χ2n) is 5.67. The molecule has 0 aliphatic heterocycles. The Morgan fingerprint density at radius 3 is 2.63 bits per heavy atom. The highest BCUT2D eigenvalue weighted by molar-refractivity contribution is 9.10. The molecule has 9 heteroatoms. The molecule has 0 radical (unpaired) electrons. The van der Waals surface area contributed by atoms with Gasteiger partial charge in [0, 0.05) is 6.20 Å². The van der Waals surface area contributed by atoms with Gasteiger partial charge in [-0.15, -0.1) is 0 Å². The second-order valence-corrected chi connectivity index (χ2v) is 6.53. The monoisotopic (exact) mass is 445 g/mol. The fraction of sp³-hybridized carbons (Fsp3) is 0.333. The molecule has 1 aromatic carbocycles. The van der Waals surface area contributed by atoms with E-state index in [1.54, 1.807) is 12.1 Å². The highest BCUT2D eigenvalue weighted by Gasteiger charge is 2.30. The molecule has 0 aliphatic rings. The normalized spacial score (nSPS) is 12.9. The number of anilines is 1. The van der Waals surface area contributed by atoms with Gasteiger partial charge in [0.25, 0.3) is 0 Å². The minimum absolute atomic E-state index is 0.0297. The first-order valence-corrected chi connectivity index (χ1v) is 8.90. The average molecular weight is 446 g/mol. The Kier molecular flexibility index (Phi) is 7.06. The van der Waals surface area contributed by atoms with Crippen molar-refractivity contribution in [3.05, 3.63) is 46.1 Å². The molecule has 0 spiro atoms. The number of nitrogens with zero attached hydrogens (tertiary/aromatic N) is 2. The van der Waals surface area contributed by atoms with Gasteiger partial charge >= 0.3 is 6.18 Å². The molecule has 0 saturated carbocycles. The first-order valence-electron chi connectivity index (χ1n) is 8.11. The van der Waals surface area contributed by atoms with Crippen LogP contribution in [0.2, 0.25) is 0 Å². The topological polar surface area (TPSA) is 55.7 Å². The van der Waals surface area contributed by atoms with E-state index in [-0.39, 0.29) is 11.9 Å². The van der Waals surface area contributed by atoms with Crippen molar-refractivity contribution in [2.75, 3.05) is 12.5 Å². The lowest BCUT2D eigenvalue weighted by Crippen LogP contribution is -2.11. The Morgan fingerprint density at radius 2 is 2.07 bits per heavy atom. The zero-order valence-corrected chi connectivity index (χ0v) is 16.6. The van der Waals surface area contributed by atoms with Crippen molar-refractivity contribution in [1.29, 1.82) is 0 Å². The van der Waals surface area contributed by atoms with E-state index in [4.69, 9.17) is 9.47 Å². The Balaban J connectivity index is 2.11. The molecule has 0 amide bonds. The van der Waals surface area contributed by atoms with Crippen molar-refractivity contribution in [2.45, 2.75) is 32.5 Å². The Morgan fingerprint density at radius 1 is 1.33 bits per heavy atom. The number of methoxy groups -OCH3 is 1. The first-order chi connectivity index (χ1) is 12.7. The van der Waals surface area contributed by atoms with Crippen LogP contribution in [0.1, 0.15) is 31.4 Å². The summed E-state index contributed by atoms with van der Waals surface area (Å²) in [5, 5.41) is 3.99. The van der Waals surface area contributed by atoms with E-state index in [9.17, 15) is 13.2 Å². The molecule has 146 valence electrons. The summed E-state index contributed by atoms with van der Waals surface area (Å²) in [4.78, 5) is 3.68. The number of nitrogens with one attached hydrogen (secondary N) is 1. The third-order valence-corrected chi connectivity index (χ3v) is 4.22. The van der Waals surface area contributed by atoms with Gasteiger partial charge in [-0.2, -0.15) is 18.3 Å². The average Bonchev–Trinajstić information content (AvgIpc) is 2.63. The molecule has 1 N–H and O–H groups in total. The zero-order valence-electron chi connectivity index (χ0n) is 15.0. The van der Waals surface area contributed by atoms with Gasteiger partial charge in [-0.05, 0) is 59.1 Å². The molecule has 0 fully saturated rings. The summed E-state index contributed by atoms with van der Waals surface area (Å²) in [5.41, 5.74) is 2.47. The van der Waals surface area contributed by atoms with E-state index in [1.165, 1.54) is 19.4 Å². The molecule has 0 bridgehead atoms. The van der Waals surface area contributed by atoms with Gasteiger partial charge in [-0.25, -0.2) is 4.98 Å². The Bertz CT molecular complexity index is 796. The molecule has 1 atom stereocenters. The van der Waals surface area contributed by atoms with E-state index in [0.29, 0.717) is 21.5 Å². The number of aromatic nitrogens is 1. The van der Waals surface area contributed by atoms with Crippen LogP contribution >= 0.6 is 15.9 Å². The van der Waals surface area contributed by atoms with E-state index in [0.717, 1.165) is 18.7 Å². The highest BCUT2D eigenvalue weighted by atomic mass is 79.9. The van der Waals surface area contributed by atoms with Crippen LogP contribution in [0, 0.1) is 0 Å². The maximum atomic E-state index is 12.5. The number of ether oxygens (including phenoxy) is 2. The molecular formula is C18H19BrF3N3O2. The largest absolute Gasteiger partial charge is 0.493 e. The minimum Gasteiger partial charge on any atom is -0.493 e. The molecule has 1 heterocycles. The molecule has 5 nitrogen and oxygen atoms in total. The van der Waals surface area contributed by atoms with Crippen LogP contribution in [0.15, 0.2) is 40.0 Å². The number of pyridine rings is 1. The fourth-order valence-electron chi connectivity index (χ4n) is 2.01. The number of rotatable bonds is 7. The van der Waals surface area contributed by atoms with Gasteiger partial charge in [-0.1, -0.05) is 6.92 Å². The van der Waals surface area contributed by atoms with Crippen molar-refractivity contribution in [2.24, 2.45) is 5.10 Å². The third kappa shape index (κ3) is 5.85. The second kappa shape index (κ2) is 9.07. The summed E-state index contributed by atoms with van der Waals surface area (Å²) >= 11 is 3.45. The molecule has 1 aromatic heterocycles. The summed E-state index contributed by atoms with van der Waals surface area (Å²) < 4.78 is 49.5. The van der Waals surface area contributed by atoms with E-state index in [1.807, 2.05) is 13.8 Å². The van der Waals surface area contributed by atoms with E-state index in [2.05, 4.69) is 31.4 Å². The lowest BCUT2D eigenvalue weighted by atomic mass is 10.2. The van der Waals surface area contributed by atoms with Crippen LogP contribution in [-0.4, -0.2) is 24.4 Å². The van der Waals surface area contributed by atoms with Crippen LogP contribution in [0.3, 0.4) is 0 Å². The SMILES string of the molecule is CC[C@H](C)Oc1c(Br)cc(/C=N\Nc2ccc(C(F)(F)F)cn2)cc1OC. The molecule has 2 aromatic rings. The molecule has 0 saturated heterocycles. The number of hydrogen-bond acceptors (Lipinski definition) is 5. The van der Waals surface area contributed by atoms with Gasteiger partial charge < -0.3 is 9.47 Å². The van der Waals surface area contributed by atoms with Crippen LogP contribution in [0.25, 0.3) is 0 Å². The molecule has 27 heavy (non-hydrogen) atoms. The third-order valence-electron chi connectivity index (χ3n) is 3.63. The number of alkyl halides is 3. The maximum Gasteiger partial charge on any atom is 0.417 e. The lowest BCUT2D eigenvalue weighted by Gasteiger charge is -2.17. The number of benzene rings is 1. The number of halogens is 4. The Hall–Kier alpha value is -2.29. The summed E-state index contributed by atoms with van der Waals surface area (Å²) in [6.07, 6.45) is -1.29. The molecule has 2 rings (SSSR count). The van der Waals surface area contributed by atoms with Crippen molar-refractivity contribution >= 4 is 28.0 Å². The predicted octanol–water partition coefficient (Wildman–Crippen LogP) is 5.49. The smallest absolute Gasteiger partial charge is 0.417 e. The van der Waals surface area contributed by atoms with Gasteiger partial charge in [-0.3, -0.25) is 5.43 Å². The summed E-state index contributed by atoms with van der Waals surface area (Å²) in [6, 6.07) is 5.69. The van der Waals surface area contributed by atoms with Gasteiger partial charge in [0.1, 0.15) is 5.82 Å². The fourth-order valence-corrected chi connectivity index (χ4v) is 2.57. The summed E-state index contributed by atoms with van der Waals surface area (Å²) in [5.74, 6) is 1.34. The van der Waals surface area contributed by atoms with E-state index < -0.39 is 11.7 Å². The summed E-state index contributed by atoms with van der Waals surface area (Å²) in [7, 11) is 1.54. The quantitative estimate of drug-likeness (QED) is 0.451. The lowest BCUT2D eigenvalue weighted by molar-refractivity contribution is -0.137. The minimum atomic E-state index is -4.42. The molecule has 0 aliphatic carbocycles. The van der Waals surface area contributed by atoms with Crippen molar-refractivity contribution in [1.82, 2.24) is 4.98 Å². The first kappa shape index (κ1) is 21.0. The standard InChI is InChI=1S/C18H19BrF3N3O2/c1-4-11(2)27-17-14(19)7-12(8-15(17)26-3)9-24-25-16-6-5-13(10-23-16)18(20,21)22/h5-11H,4H2,1-3H3,(H,23,25)/b24-9-/t11-/m0/s1. The summed E-state index contributed by atoms with van der Waals surface area (Å²) in [6.45, 7) is 3.98. The van der Waals surface area contributed by atoms with Crippen molar-refractivity contribution in [3.63, 3.8) is 0 Å². The molecule has 0 unspecified atom stereocenters. The van der Waals surface area contributed by atoms with Crippen molar-refractivity contribution in [3.8, 4) is 11.5 Å². The van der Waals surface area contributed by atoms with Crippen molar-refractivity contribution < 1.29 is 22.6 Å². The van der Waals surface area contributed by atoms with Gasteiger partial charge in [0.15, 0.2) is 11.5 Å². The van der Waals surface area contributed by atoms with Gasteiger partial charge in [0.05, 0.1) is 29.5 Å². The predicted molar refractivity (Wildman–Crippen MR) is 102 cm³/mol. The van der Waals surface area contributed by atoms with Crippen LogP contribution in [0.5, 0.6) is 11.5 Å².